The average molecular weight is 415 g/mol. The largest absolute Gasteiger partial charge is 0.497 e. The number of alkyl halides is 2. The summed E-state index contributed by atoms with van der Waals surface area (Å²) in [5, 5.41) is 15.8. The number of aliphatic imine (C=N–C) groups is 1. The molecule has 0 spiro atoms. The van der Waals surface area contributed by atoms with Crippen molar-refractivity contribution in [3.05, 3.63) is 71.7 Å². The first-order valence-electron chi connectivity index (χ1n) is 8.98. The fraction of sp³-hybridized carbons (Fsp3) is 0.238. The van der Waals surface area contributed by atoms with E-state index in [1.807, 2.05) is 31.2 Å². The number of hydrogen-bond acceptors (Lipinski definition) is 6. The molecule has 0 amide bonds. The van der Waals surface area contributed by atoms with Crippen molar-refractivity contribution >= 4 is 17.6 Å². The highest BCUT2D eigenvalue weighted by Crippen LogP contribution is 2.16. The predicted molar refractivity (Wildman–Crippen MR) is 112 cm³/mol. The number of ether oxygens (including phenoxy) is 2. The zero-order valence-corrected chi connectivity index (χ0v) is 16.9. The number of aromatic nitrogens is 1. The van der Waals surface area contributed by atoms with E-state index in [1.165, 1.54) is 25.4 Å². The second-order valence-corrected chi connectivity index (χ2v) is 6.03. The van der Waals surface area contributed by atoms with Crippen molar-refractivity contribution in [3.8, 4) is 5.75 Å². The van der Waals surface area contributed by atoms with Crippen molar-refractivity contribution in [1.82, 2.24) is 9.88 Å². The Balaban J connectivity index is 2.26. The zero-order chi connectivity index (χ0) is 22.1. The molecule has 0 aliphatic heterocycles. The van der Waals surface area contributed by atoms with Crippen LogP contribution in [-0.2, 0) is 11.3 Å². The summed E-state index contributed by atoms with van der Waals surface area (Å²) in [5.74, 6) is -0.504. The molecule has 0 aliphatic rings. The maximum atomic E-state index is 12.6. The first kappa shape index (κ1) is 22.7. The molecule has 0 saturated heterocycles. The maximum Gasteiger partial charge on any atom is 0.312 e. The number of hydrogen-bond donors (Lipinski definition) is 2. The van der Waals surface area contributed by atoms with Crippen LogP contribution in [0.3, 0.4) is 0 Å². The normalized spacial score (nSPS) is 11.6. The lowest BCUT2D eigenvalue weighted by Crippen LogP contribution is -2.27. The third-order valence-electron chi connectivity index (χ3n) is 3.99. The van der Waals surface area contributed by atoms with E-state index in [0.717, 1.165) is 11.3 Å². The molecule has 30 heavy (non-hydrogen) atoms. The Morgan fingerprint density at radius 1 is 1.23 bits per heavy atom. The van der Waals surface area contributed by atoms with Crippen LogP contribution in [0.25, 0.3) is 0 Å². The van der Waals surface area contributed by atoms with Gasteiger partial charge >= 0.3 is 6.43 Å². The highest BCUT2D eigenvalue weighted by Gasteiger charge is 2.18. The van der Waals surface area contributed by atoms with E-state index in [4.69, 9.17) is 20.3 Å². The summed E-state index contributed by atoms with van der Waals surface area (Å²) < 4.78 is 35.3. The monoisotopic (exact) mass is 415 g/mol. The van der Waals surface area contributed by atoms with E-state index in [0.29, 0.717) is 17.8 Å². The average Bonchev–Trinajstić information content (AvgIpc) is 2.77. The number of rotatable bonds is 7. The van der Waals surface area contributed by atoms with E-state index in [9.17, 15) is 8.78 Å². The van der Waals surface area contributed by atoms with E-state index in [2.05, 4.69) is 9.98 Å². The minimum absolute atomic E-state index is 0.102. The van der Waals surface area contributed by atoms with E-state index in [-0.39, 0.29) is 11.7 Å². The van der Waals surface area contributed by atoms with Crippen LogP contribution < -0.4 is 4.74 Å². The Morgan fingerprint density at radius 2 is 1.93 bits per heavy atom. The SMILES string of the molecule is C/C=C\N(Cc1ccc(OC)cc1)C(=N)c1cc(/C(=N/C)OC(=N)C(F)F)ccn1. The first-order valence-corrected chi connectivity index (χ1v) is 8.98. The lowest BCUT2D eigenvalue weighted by Gasteiger charge is -2.21. The molecule has 0 fully saturated rings. The number of nitrogens with zero attached hydrogens (tertiary/aromatic N) is 3. The van der Waals surface area contributed by atoms with Crippen molar-refractivity contribution < 1.29 is 18.3 Å². The molecule has 0 atom stereocenters. The van der Waals surface area contributed by atoms with Crippen molar-refractivity contribution in [1.29, 1.82) is 10.8 Å². The molecular weight excluding hydrogens is 392 g/mol. The Morgan fingerprint density at radius 3 is 2.50 bits per heavy atom. The van der Waals surface area contributed by atoms with Gasteiger partial charge in [0.1, 0.15) is 11.4 Å². The minimum Gasteiger partial charge on any atom is -0.497 e. The molecule has 0 aliphatic carbocycles. The zero-order valence-electron chi connectivity index (χ0n) is 16.9. The van der Waals surface area contributed by atoms with Crippen molar-refractivity contribution in [2.45, 2.75) is 19.9 Å². The van der Waals surface area contributed by atoms with E-state index >= 15 is 0 Å². The van der Waals surface area contributed by atoms with Gasteiger partial charge < -0.3 is 14.4 Å². The van der Waals surface area contributed by atoms with Gasteiger partial charge in [0.15, 0.2) is 5.84 Å². The Kier molecular flexibility index (Phi) is 8.16. The molecular formula is C21H23F2N5O2. The summed E-state index contributed by atoms with van der Waals surface area (Å²) in [7, 11) is 2.96. The van der Waals surface area contributed by atoms with Gasteiger partial charge in [-0.05, 0) is 36.8 Å². The molecule has 0 saturated carbocycles. The topological polar surface area (TPSA) is 94.6 Å². The molecule has 158 valence electrons. The van der Waals surface area contributed by atoms with Crippen LogP contribution >= 0.6 is 0 Å². The number of pyridine rings is 1. The smallest absolute Gasteiger partial charge is 0.312 e. The molecule has 7 nitrogen and oxygen atoms in total. The third kappa shape index (κ3) is 5.94. The predicted octanol–water partition coefficient (Wildman–Crippen LogP) is 4.09. The fourth-order valence-corrected chi connectivity index (χ4v) is 2.54. The summed E-state index contributed by atoms with van der Waals surface area (Å²) in [4.78, 5) is 9.73. The second kappa shape index (κ2) is 10.8. The maximum absolute atomic E-state index is 12.6. The van der Waals surface area contributed by atoms with Crippen LogP contribution in [0.2, 0.25) is 0 Å². The van der Waals surface area contributed by atoms with Gasteiger partial charge in [-0.1, -0.05) is 18.2 Å². The van der Waals surface area contributed by atoms with Gasteiger partial charge in [0.05, 0.1) is 7.11 Å². The summed E-state index contributed by atoms with van der Waals surface area (Å²) in [6, 6.07) is 10.5. The van der Waals surface area contributed by atoms with Gasteiger partial charge in [0, 0.05) is 31.6 Å². The quantitative estimate of drug-likeness (QED) is 0.526. The van der Waals surface area contributed by atoms with Crippen LogP contribution in [-0.4, -0.2) is 48.1 Å². The Labute approximate surface area is 173 Å². The number of methoxy groups -OCH3 is 1. The number of allylic oxidation sites excluding steroid dienone is 1. The Hall–Kier alpha value is -3.62. The van der Waals surface area contributed by atoms with Gasteiger partial charge in [-0.3, -0.25) is 20.8 Å². The fourth-order valence-electron chi connectivity index (χ4n) is 2.54. The van der Waals surface area contributed by atoms with E-state index in [1.54, 1.807) is 24.3 Å². The molecule has 2 aromatic rings. The van der Waals surface area contributed by atoms with Gasteiger partial charge in [-0.25, -0.2) is 0 Å². The van der Waals surface area contributed by atoms with Gasteiger partial charge in [-0.15, -0.1) is 0 Å². The van der Waals surface area contributed by atoms with Crippen LogP contribution in [0.4, 0.5) is 8.78 Å². The van der Waals surface area contributed by atoms with Crippen molar-refractivity contribution in [2.24, 2.45) is 4.99 Å². The minimum atomic E-state index is -3.05. The Bertz CT molecular complexity index is 943. The molecule has 9 heteroatoms. The number of amidine groups is 1. The molecule has 1 aromatic carbocycles. The number of nitrogens with one attached hydrogen (secondary N) is 2. The second-order valence-electron chi connectivity index (χ2n) is 6.03. The first-order chi connectivity index (χ1) is 14.4. The van der Waals surface area contributed by atoms with Crippen molar-refractivity contribution in [3.63, 3.8) is 0 Å². The standard InChI is InChI=1S/C21H23F2N5O2/c1-4-11-28(13-14-5-7-16(29-3)8-6-14)19(24)17-12-15(9-10-27-17)21(26-2)30-20(25)18(22)23/h4-12,18,24-25H,13H2,1-3H3/b11-4-,24-19?,25-20?,26-21-. The van der Waals surface area contributed by atoms with Crippen LogP contribution in [0.15, 0.2) is 59.9 Å². The van der Waals surface area contributed by atoms with Crippen LogP contribution in [0.5, 0.6) is 5.75 Å². The van der Waals surface area contributed by atoms with Crippen molar-refractivity contribution in [2.75, 3.05) is 14.2 Å². The molecule has 0 radical (unpaired) electrons. The highest BCUT2D eigenvalue weighted by molar-refractivity contribution is 6.03. The third-order valence-corrected chi connectivity index (χ3v) is 3.99. The molecule has 0 unspecified atom stereocenters. The highest BCUT2D eigenvalue weighted by atomic mass is 19.3. The molecule has 2 rings (SSSR count). The molecule has 2 N–H and O–H groups in total. The lowest BCUT2D eigenvalue weighted by atomic mass is 10.1. The molecule has 0 bridgehead atoms. The lowest BCUT2D eigenvalue weighted by molar-refractivity contribution is 0.198. The van der Waals surface area contributed by atoms with Crippen LogP contribution in [0, 0.1) is 10.8 Å². The summed E-state index contributed by atoms with van der Waals surface area (Å²) in [6.07, 6.45) is 1.93. The molecule has 1 heterocycles. The van der Waals surface area contributed by atoms with Gasteiger partial charge in [0.2, 0.25) is 5.90 Å². The summed E-state index contributed by atoms with van der Waals surface area (Å²) >= 11 is 0. The summed E-state index contributed by atoms with van der Waals surface area (Å²) in [5.41, 5.74) is 1.59. The summed E-state index contributed by atoms with van der Waals surface area (Å²) in [6.45, 7) is 2.25. The van der Waals surface area contributed by atoms with Gasteiger partial charge in [-0.2, -0.15) is 8.78 Å². The van der Waals surface area contributed by atoms with E-state index < -0.39 is 12.3 Å². The molecule has 1 aromatic heterocycles. The number of benzene rings is 1. The van der Waals surface area contributed by atoms with Crippen LogP contribution in [0.1, 0.15) is 23.7 Å². The van der Waals surface area contributed by atoms with Gasteiger partial charge in [0.25, 0.3) is 5.90 Å². The number of halogens is 2.